The van der Waals surface area contributed by atoms with E-state index in [1.807, 2.05) is 50.2 Å². The van der Waals surface area contributed by atoms with Crippen molar-refractivity contribution in [2.75, 3.05) is 0 Å². The van der Waals surface area contributed by atoms with E-state index in [2.05, 4.69) is 26.2 Å². The van der Waals surface area contributed by atoms with Crippen molar-refractivity contribution in [1.82, 2.24) is 25.1 Å². The van der Waals surface area contributed by atoms with Crippen molar-refractivity contribution in [2.24, 2.45) is 0 Å². The number of imidazole rings is 1. The predicted octanol–water partition coefficient (Wildman–Crippen LogP) is 4.79. The maximum atomic E-state index is 12.5. The van der Waals surface area contributed by atoms with Crippen molar-refractivity contribution in [3.05, 3.63) is 95.2 Å². The number of aromatic nitrogens is 5. The number of nitrogens with one attached hydrogen (secondary N) is 1. The largest absolute Gasteiger partial charge is 0.374 e. The highest BCUT2D eigenvalue weighted by Gasteiger charge is 2.39. The third-order valence-corrected chi connectivity index (χ3v) is 6.41. The lowest BCUT2D eigenvalue weighted by Gasteiger charge is -2.29. The first-order valence-corrected chi connectivity index (χ1v) is 11.1. The third-order valence-electron chi connectivity index (χ3n) is 6.41. The summed E-state index contributed by atoms with van der Waals surface area (Å²) >= 11 is 0. The number of benzene rings is 2. The molecule has 1 saturated carbocycles. The maximum Gasteiger partial charge on any atom is 0.161 e. The number of hydrogen-bond donors (Lipinski definition) is 2. The second-order valence-electron chi connectivity index (χ2n) is 8.68. The number of H-pyrrole nitrogens is 1. The van der Waals surface area contributed by atoms with E-state index in [1.54, 1.807) is 18.6 Å². The molecule has 3 heterocycles. The predicted molar refractivity (Wildman–Crippen MR) is 124 cm³/mol. The number of rotatable bonds is 5. The smallest absolute Gasteiger partial charge is 0.161 e. The minimum absolute atomic E-state index is 0.435. The summed E-state index contributed by atoms with van der Waals surface area (Å²) in [5, 5.41) is 16.6. The van der Waals surface area contributed by atoms with Crippen LogP contribution in [0.4, 0.5) is 0 Å². The Morgan fingerprint density at radius 3 is 2.58 bits per heavy atom. The highest BCUT2D eigenvalue weighted by atomic mass is 16.5. The molecule has 7 nitrogen and oxygen atoms in total. The Morgan fingerprint density at radius 2 is 1.91 bits per heavy atom. The molecule has 0 spiro atoms. The second kappa shape index (κ2) is 7.35. The lowest BCUT2D eigenvalue weighted by Crippen LogP contribution is -2.30. The van der Waals surface area contributed by atoms with Gasteiger partial charge in [-0.2, -0.15) is 0 Å². The van der Waals surface area contributed by atoms with E-state index in [0.717, 1.165) is 52.3 Å². The normalized spacial score (nSPS) is 15.6. The van der Waals surface area contributed by atoms with Gasteiger partial charge in [0.05, 0.1) is 28.6 Å². The molecule has 164 valence electrons. The van der Waals surface area contributed by atoms with Crippen LogP contribution < -0.4 is 0 Å². The van der Waals surface area contributed by atoms with Crippen molar-refractivity contribution in [2.45, 2.75) is 38.2 Å². The van der Waals surface area contributed by atoms with E-state index >= 15 is 0 Å². The molecule has 7 heteroatoms. The lowest BCUT2D eigenvalue weighted by molar-refractivity contribution is 0.122. The first-order chi connectivity index (χ1) is 16.1. The molecule has 0 radical (unpaired) electrons. The molecule has 0 aliphatic heterocycles. The fourth-order valence-electron chi connectivity index (χ4n) is 4.61. The monoisotopic (exact) mass is 437 g/mol. The summed E-state index contributed by atoms with van der Waals surface area (Å²) in [5.41, 5.74) is 4.41. The zero-order chi connectivity index (χ0) is 22.6. The van der Waals surface area contributed by atoms with Gasteiger partial charge in [-0.25, -0.2) is 4.98 Å². The van der Waals surface area contributed by atoms with Crippen LogP contribution in [0.2, 0.25) is 0 Å². The Morgan fingerprint density at radius 1 is 1.09 bits per heavy atom. The molecule has 0 amide bonds. The van der Waals surface area contributed by atoms with Gasteiger partial charge in [-0.15, -0.1) is 0 Å². The SMILES string of the molecule is Cc1noc(C)c1-c1cc(C(O)(c2ccccc2)c2cnccn2)c2nc(C3CC3)[nH]c2c1. The molecule has 1 aliphatic carbocycles. The Bertz CT molecular complexity index is 1390. The molecule has 0 saturated heterocycles. The van der Waals surface area contributed by atoms with Gasteiger partial charge in [-0.3, -0.25) is 9.97 Å². The topological polar surface area (TPSA) is 101 Å². The molecule has 2 aromatic carbocycles. The van der Waals surface area contributed by atoms with Gasteiger partial charge in [0.15, 0.2) is 5.60 Å². The lowest BCUT2D eigenvalue weighted by atomic mass is 9.81. The Balaban J connectivity index is 1.70. The molecule has 0 bridgehead atoms. The Labute approximate surface area is 190 Å². The number of aliphatic hydroxyl groups is 1. The van der Waals surface area contributed by atoms with Crippen LogP contribution in [0.15, 0.2) is 65.6 Å². The molecular weight excluding hydrogens is 414 g/mol. The summed E-state index contributed by atoms with van der Waals surface area (Å²) in [5.74, 6) is 2.12. The van der Waals surface area contributed by atoms with Gasteiger partial charge < -0.3 is 14.6 Å². The van der Waals surface area contributed by atoms with E-state index < -0.39 is 5.60 Å². The van der Waals surface area contributed by atoms with Gasteiger partial charge >= 0.3 is 0 Å². The first-order valence-electron chi connectivity index (χ1n) is 11.1. The van der Waals surface area contributed by atoms with E-state index in [4.69, 9.17) is 9.51 Å². The van der Waals surface area contributed by atoms with Gasteiger partial charge in [0.25, 0.3) is 0 Å². The number of nitrogens with zero attached hydrogens (tertiary/aromatic N) is 4. The van der Waals surface area contributed by atoms with Gasteiger partial charge in [-0.05, 0) is 49.9 Å². The molecule has 2 N–H and O–H groups in total. The summed E-state index contributed by atoms with van der Waals surface area (Å²) in [6.07, 6.45) is 7.05. The highest BCUT2D eigenvalue weighted by Crippen LogP contribution is 2.44. The fourth-order valence-corrected chi connectivity index (χ4v) is 4.61. The van der Waals surface area contributed by atoms with E-state index in [-0.39, 0.29) is 0 Å². The van der Waals surface area contributed by atoms with Crippen molar-refractivity contribution in [3.63, 3.8) is 0 Å². The number of hydrogen-bond acceptors (Lipinski definition) is 6. The van der Waals surface area contributed by atoms with Gasteiger partial charge in [0.2, 0.25) is 0 Å². The van der Waals surface area contributed by atoms with Crippen LogP contribution in [-0.2, 0) is 5.60 Å². The highest BCUT2D eigenvalue weighted by molar-refractivity contribution is 5.88. The van der Waals surface area contributed by atoms with Gasteiger partial charge in [-0.1, -0.05) is 35.5 Å². The van der Waals surface area contributed by atoms with Crippen LogP contribution in [-0.4, -0.2) is 30.2 Å². The second-order valence-corrected chi connectivity index (χ2v) is 8.68. The molecule has 1 atom stereocenters. The standard InChI is InChI=1S/C26H23N5O2/c1-15-23(16(2)33-31-15)18-12-20(24-21(13-18)29-25(30-24)17-8-9-17)26(32,19-6-4-3-5-7-19)22-14-27-10-11-28-22/h3-7,10-14,17,32H,8-9H2,1-2H3,(H,29,30). The zero-order valence-electron chi connectivity index (χ0n) is 18.4. The molecule has 6 rings (SSSR count). The van der Waals surface area contributed by atoms with Crippen molar-refractivity contribution in [3.8, 4) is 11.1 Å². The van der Waals surface area contributed by atoms with Crippen LogP contribution in [0, 0.1) is 13.8 Å². The summed E-state index contributed by atoms with van der Waals surface area (Å²) in [4.78, 5) is 17.2. The summed E-state index contributed by atoms with van der Waals surface area (Å²) in [6.45, 7) is 3.82. The Hall–Kier alpha value is -3.84. The van der Waals surface area contributed by atoms with Crippen LogP contribution in [0.25, 0.3) is 22.2 Å². The van der Waals surface area contributed by atoms with Crippen LogP contribution in [0.3, 0.4) is 0 Å². The van der Waals surface area contributed by atoms with Crippen LogP contribution in [0.1, 0.15) is 52.9 Å². The van der Waals surface area contributed by atoms with Crippen LogP contribution in [0.5, 0.6) is 0 Å². The molecule has 33 heavy (non-hydrogen) atoms. The van der Waals surface area contributed by atoms with Gasteiger partial charge in [0, 0.05) is 29.4 Å². The van der Waals surface area contributed by atoms with E-state index in [9.17, 15) is 5.11 Å². The third kappa shape index (κ3) is 3.15. The molecular formula is C26H23N5O2. The minimum Gasteiger partial charge on any atom is -0.374 e. The number of aromatic amines is 1. The van der Waals surface area contributed by atoms with Crippen molar-refractivity contribution < 1.29 is 9.63 Å². The molecule has 1 unspecified atom stereocenters. The van der Waals surface area contributed by atoms with Crippen molar-refractivity contribution in [1.29, 1.82) is 0 Å². The van der Waals surface area contributed by atoms with E-state index in [0.29, 0.717) is 22.7 Å². The molecule has 5 aromatic rings. The maximum absolute atomic E-state index is 12.5. The first kappa shape index (κ1) is 19.8. The molecule has 3 aromatic heterocycles. The average Bonchev–Trinajstić information content (AvgIpc) is 3.53. The number of aryl methyl sites for hydroxylation is 2. The van der Waals surface area contributed by atoms with Crippen molar-refractivity contribution >= 4 is 11.0 Å². The molecule has 1 aliphatic rings. The quantitative estimate of drug-likeness (QED) is 0.410. The summed E-state index contributed by atoms with van der Waals surface area (Å²) in [7, 11) is 0. The summed E-state index contributed by atoms with van der Waals surface area (Å²) in [6, 6.07) is 13.6. The summed E-state index contributed by atoms with van der Waals surface area (Å²) < 4.78 is 5.45. The Kier molecular flexibility index (Phi) is 4.41. The average molecular weight is 438 g/mol. The minimum atomic E-state index is -1.56. The van der Waals surface area contributed by atoms with E-state index in [1.165, 1.54) is 0 Å². The van der Waals surface area contributed by atoms with Crippen LogP contribution >= 0.6 is 0 Å². The number of fused-ring (bicyclic) bond motifs is 1. The fraction of sp³-hybridized carbons (Fsp3) is 0.231. The van der Waals surface area contributed by atoms with Gasteiger partial charge in [0.1, 0.15) is 11.6 Å². The molecule has 1 fully saturated rings. The zero-order valence-corrected chi connectivity index (χ0v) is 18.4.